The van der Waals surface area contributed by atoms with Crippen LogP contribution in [0.3, 0.4) is 0 Å². The van der Waals surface area contributed by atoms with E-state index in [0.717, 1.165) is 44.5 Å². The minimum Gasteiger partial charge on any atom is -0.347 e. The van der Waals surface area contributed by atoms with Crippen molar-refractivity contribution in [3.8, 4) is 6.07 Å². The summed E-state index contributed by atoms with van der Waals surface area (Å²) in [5.41, 5.74) is 13.3. The van der Waals surface area contributed by atoms with Gasteiger partial charge in [-0.2, -0.15) is 5.26 Å². The molecule has 3 aromatic carbocycles. The fourth-order valence-electron chi connectivity index (χ4n) is 5.82. The second kappa shape index (κ2) is 8.19. The zero-order chi connectivity index (χ0) is 22.4. The number of benzene rings is 3. The molecule has 4 nitrogen and oxygen atoms in total. The summed E-state index contributed by atoms with van der Waals surface area (Å²) in [6.07, 6.45) is 7.76. The van der Waals surface area contributed by atoms with Crippen molar-refractivity contribution in [1.82, 2.24) is 9.47 Å². The first-order chi connectivity index (χ1) is 16.3. The summed E-state index contributed by atoms with van der Waals surface area (Å²) < 4.78 is 2.31. The summed E-state index contributed by atoms with van der Waals surface area (Å²) in [7, 11) is 0. The average Bonchev–Trinajstić information content (AvgIpc) is 3.42. The lowest BCUT2D eigenvalue weighted by molar-refractivity contribution is 0.222. The lowest BCUT2D eigenvalue weighted by atomic mass is 9.96. The first-order valence-corrected chi connectivity index (χ1v) is 11.9. The van der Waals surface area contributed by atoms with Gasteiger partial charge in [-0.3, -0.25) is 4.90 Å². The summed E-state index contributed by atoms with van der Waals surface area (Å²) >= 11 is 0. The van der Waals surface area contributed by atoms with Gasteiger partial charge in [0, 0.05) is 48.3 Å². The van der Waals surface area contributed by atoms with E-state index in [9.17, 15) is 5.26 Å². The van der Waals surface area contributed by atoms with Gasteiger partial charge in [0.15, 0.2) is 0 Å². The van der Waals surface area contributed by atoms with Gasteiger partial charge in [0.1, 0.15) is 0 Å². The van der Waals surface area contributed by atoms with Gasteiger partial charge in [0.05, 0.1) is 11.6 Å². The first-order valence-electron chi connectivity index (χ1n) is 11.9. The molecule has 0 saturated carbocycles. The third-order valence-corrected chi connectivity index (χ3v) is 7.44. The molecule has 2 N–H and O–H groups in total. The number of fused-ring (bicyclic) bond motifs is 1. The number of rotatable bonds is 5. The van der Waals surface area contributed by atoms with E-state index in [-0.39, 0.29) is 0 Å². The van der Waals surface area contributed by atoms with Crippen LogP contribution in [0.25, 0.3) is 27.2 Å². The Balaban J connectivity index is 1.32. The largest absolute Gasteiger partial charge is 0.347 e. The molecule has 1 unspecified atom stereocenters. The van der Waals surface area contributed by atoms with Crippen LogP contribution in [-0.2, 0) is 13.0 Å². The molecular formula is C29H28N4. The zero-order valence-electron chi connectivity index (χ0n) is 18.8. The number of nitriles is 1. The number of aryl methyl sites for hydroxylation is 1. The maximum absolute atomic E-state index is 9.44. The van der Waals surface area contributed by atoms with Crippen molar-refractivity contribution < 1.29 is 0 Å². The average molecular weight is 433 g/mol. The van der Waals surface area contributed by atoms with Crippen LogP contribution in [-0.4, -0.2) is 29.1 Å². The maximum Gasteiger partial charge on any atom is 0.0991 e. The van der Waals surface area contributed by atoms with Crippen LogP contribution in [0.2, 0.25) is 0 Å². The van der Waals surface area contributed by atoms with Crippen LogP contribution >= 0.6 is 0 Å². The quantitative estimate of drug-likeness (QED) is 0.459. The molecule has 1 aromatic heterocycles. The Kier molecular flexibility index (Phi) is 5.02. The Morgan fingerprint density at radius 2 is 1.97 bits per heavy atom. The van der Waals surface area contributed by atoms with E-state index < -0.39 is 0 Å². The molecule has 2 heterocycles. The van der Waals surface area contributed by atoms with Crippen molar-refractivity contribution in [2.45, 2.75) is 31.8 Å². The van der Waals surface area contributed by atoms with Gasteiger partial charge >= 0.3 is 0 Å². The summed E-state index contributed by atoms with van der Waals surface area (Å²) in [6, 6.07) is 22.3. The summed E-state index contributed by atoms with van der Waals surface area (Å²) in [5.74, 6) is 0. The topological polar surface area (TPSA) is 58.0 Å². The molecular weight excluding hydrogens is 404 g/mol. The first kappa shape index (κ1) is 20.2. The summed E-state index contributed by atoms with van der Waals surface area (Å²) in [5, 5.41) is 13.5. The van der Waals surface area contributed by atoms with Crippen molar-refractivity contribution in [3.05, 3.63) is 89.1 Å². The minimum absolute atomic E-state index is 0.458. The monoisotopic (exact) mass is 432 g/mol. The van der Waals surface area contributed by atoms with E-state index in [4.69, 9.17) is 5.73 Å². The van der Waals surface area contributed by atoms with E-state index in [2.05, 4.69) is 70.3 Å². The van der Waals surface area contributed by atoms with E-state index in [1.165, 1.54) is 43.9 Å². The molecule has 1 aliphatic carbocycles. The van der Waals surface area contributed by atoms with Gasteiger partial charge in [-0.15, -0.1) is 0 Å². The molecule has 164 valence electrons. The lowest BCUT2D eigenvalue weighted by Crippen LogP contribution is -2.32. The predicted octanol–water partition coefficient (Wildman–Crippen LogP) is 5.40. The van der Waals surface area contributed by atoms with Crippen LogP contribution in [0.4, 0.5) is 0 Å². The van der Waals surface area contributed by atoms with Crippen LogP contribution in [0.15, 0.2) is 66.9 Å². The van der Waals surface area contributed by atoms with E-state index in [1.807, 2.05) is 12.1 Å². The molecule has 33 heavy (non-hydrogen) atoms. The van der Waals surface area contributed by atoms with Crippen molar-refractivity contribution in [3.63, 3.8) is 0 Å². The molecule has 1 aliphatic heterocycles. The fourth-order valence-corrected chi connectivity index (χ4v) is 5.82. The van der Waals surface area contributed by atoms with E-state index in [1.54, 1.807) is 0 Å². The highest BCUT2D eigenvalue weighted by Crippen LogP contribution is 2.42. The Labute approximate surface area is 194 Å². The third-order valence-electron chi connectivity index (χ3n) is 7.44. The minimum atomic E-state index is 0.458. The number of nitrogens with zero attached hydrogens (tertiary/aromatic N) is 3. The van der Waals surface area contributed by atoms with Gasteiger partial charge < -0.3 is 10.3 Å². The lowest BCUT2D eigenvalue weighted by Gasteiger charge is -2.32. The zero-order valence-corrected chi connectivity index (χ0v) is 18.8. The van der Waals surface area contributed by atoms with E-state index >= 15 is 0 Å². The molecule has 0 spiro atoms. The molecule has 4 heteroatoms. The number of nitrogens with two attached hydrogens (primary N) is 1. The molecule has 0 fully saturated rings. The van der Waals surface area contributed by atoms with Crippen molar-refractivity contribution in [2.24, 2.45) is 5.73 Å². The van der Waals surface area contributed by atoms with Gasteiger partial charge in [-0.25, -0.2) is 0 Å². The Morgan fingerprint density at radius 3 is 2.76 bits per heavy atom. The van der Waals surface area contributed by atoms with Gasteiger partial charge in [-0.05, 0) is 71.5 Å². The van der Waals surface area contributed by atoms with Crippen molar-refractivity contribution >= 4 is 27.2 Å². The van der Waals surface area contributed by atoms with E-state index in [0.29, 0.717) is 12.6 Å². The number of aromatic nitrogens is 1. The van der Waals surface area contributed by atoms with Gasteiger partial charge in [0.2, 0.25) is 0 Å². The summed E-state index contributed by atoms with van der Waals surface area (Å²) in [6.45, 7) is 3.59. The van der Waals surface area contributed by atoms with Gasteiger partial charge in [-0.1, -0.05) is 42.5 Å². The SMILES string of the molecule is N#Cc1ccc2c(c1)c(C1=CCN(C3Cc4cccc5cccc3c45)CC1)cn2CCCN. The van der Waals surface area contributed by atoms with Crippen LogP contribution in [0, 0.1) is 11.3 Å². The molecule has 4 aromatic rings. The second-order valence-electron chi connectivity index (χ2n) is 9.28. The standard InChI is InChI=1S/C29H28N4/c30-12-3-13-33-19-26(25-16-20(18-31)8-9-27(25)33)21-10-14-32(15-11-21)28-17-23-6-1-4-22-5-2-7-24(28)29(22)23/h1-2,4-10,16,19,28H,3,11-15,17,30H2. The highest BCUT2D eigenvalue weighted by molar-refractivity contribution is 5.94. The molecule has 1 atom stereocenters. The molecule has 6 rings (SSSR count). The Bertz CT molecular complexity index is 1430. The third kappa shape index (κ3) is 3.36. The molecule has 0 radical (unpaired) electrons. The Morgan fingerprint density at radius 1 is 1.09 bits per heavy atom. The smallest absolute Gasteiger partial charge is 0.0991 e. The summed E-state index contributed by atoms with van der Waals surface area (Å²) in [4.78, 5) is 2.63. The highest BCUT2D eigenvalue weighted by Gasteiger charge is 2.30. The molecule has 2 aliphatic rings. The van der Waals surface area contributed by atoms with Crippen molar-refractivity contribution in [2.75, 3.05) is 19.6 Å². The van der Waals surface area contributed by atoms with Crippen LogP contribution in [0.5, 0.6) is 0 Å². The number of hydrogen-bond acceptors (Lipinski definition) is 3. The Hall–Kier alpha value is -3.39. The predicted molar refractivity (Wildman–Crippen MR) is 135 cm³/mol. The number of hydrogen-bond donors (Lipinski definition) is 1. The molecule has 0 saturated heterocycles. The van der Waals surface area contributed by atoms with Crippen LogP contribution < -0.4 is 5.73 Å². The fraction of sp³-hybridized carbons (Fsp3) is 0.276. The highest BCUT2D eigenvalue weighted by atomic mass is 15.2. The van der Waals surface area contributed by atoms with Crippen molar-refractivity contribution in [1.29, 1.82) is 5.26 Å². The normalized spacial score (nSPS) is 18.1. The maximum atomic E-state index is 9.44. The molecule has 0 amide bonds. The van der Waals surface area contributed by atoms with Crippen LogP contribution in [0.1, 0.15) is 41.1 Å². The molecule has 0 bridgehead atoms. The van der Waals surface area contributed by atoms with Gasteiger partial charge in [0.25, 0.3) is 0 Å². The second-order valence-corrected chi connectivity index (χ2v) is 9.28.